The van der Waals surface area contributed by atoms with Gasteiger partial charge in [0.2, 0.25) is 11.8 Å². The summed E-state index contributed by atoms with van der Waals surface area (Å²) in [4.78, 5) is 59.3. The zero-order chi connectivity index (χ0) is 31.6. The summed E-state index contributed by atoms with van der Waals surface area (Å²) in [5.74, 6) is -3.02. The number of Topliss-reactive ketones (excluding diaryl/α,β-unsaturated/α-hetero) is 1. The summed E-state index contributed by atoms with van der Waals surface area (Å²) in [6.07, 6.45) is 5.36. The molecule has 0 aromatic heterocycles. The highest BCUT2D eigenvalue weighted by atomic mass is 79.9. The Morgan fingerprint density at radius 3 is 2.44 bits per heavy atom. The Morgan fingerprint density at radius 1 is 1.00 bits per heavy atom. The number of aromatic hydroxyl groups is 1. The average molecular weight is 672 g/mol. The molecule has 2 fully saturated rings. The second-order valence-electron chi connectivity index (χ2n) is 12.8. The van der Waals surface area contributed by atoms with Crippen LogP contribution in [0.1, 0.15) is 49.7 Å². The maximum absolute atomic E-state index is 14.3. The number of phenols is 1. The summed E-state index contributed by atoms with van der Waals surface area (Å²) in [5.41, 5.74) is 3.53. The van der Waals surface area contributed by atoms with Gasteiger partial charge in [-0.25, -0.2) is 0 Å². The molecule has 5 aliphatic rings. The van der Waals surface area contributed by atoms with Crippen molar-refractivity contribution in [1.29, 1.82) is 0 Å². The summed E-state index contributed by atoms with van der Waals surface area (Å²) in [6.45, 7) is 4.05. The molecule has 2 aromatic carbocycles. The number of benzene rings is 2. The van der Waals surface area contributed by atoms with Crippen LogP contribution in [0.4, 0.5) is 0 Å². The van der Waals surface area contributed by atoms with Gasteiger partial charge in [0.05, 0.1) is 18.9 Å². The third-order valence-electron chi connectivity index (χ3n) is 10.4. The number of hydrogen-bond donors (Lipinski definition) is 1. The highest BCUT2D eigenvalue weighted by Crippen LogP contribution is 2.57. The van der Waals surface area contributed by atoms with Crippen LogP contribution < -0.4 is 4.74 Å². The molecule has 8 nitrogen and oxygen atoms in total. The molecule has 232 valence electrons. The quantitative estimate of drug-likeness (QED) is 0.263. The van der Waals surface area contributed by atoms with Gasteiger partial charge in [0, 0.05) is 58.3 Å². The first kappa shape index (κ1) is 29.9. The van der Waals surface area contributed by atoms with Gasteiger partial charge in [-0.1, -0.05) is 57.9 Å². The van der Waals surface area contributed by atoms with Crippen LogP contribution >= 0.6 is 15.9 Å². The lowest BCUT2D eigenvalue weighted by atomic mass is 9.59. The lowest BCUT2D eigenvalue weighted by molar-refractivity contribution is -0.144. The molecule has 4 unspecified atom stereocenters. The third-order valence-corrected chi connectivity index (χ3v) is 10.8. The summed E-state index contributed by atoms with van der Waals surface area (Å²) in [5, 5.41) is 11.3. The van der Waals surface area contributed by atoms with E-state index in [4.69, 9.17) is 4.74 Å². The molecule has 3 aliphatic carbocycles. The van der Waals surface area contributed by atoms with E-state index in [1.54, 1.807) is 19.1 Å². The average Bonchev–Trinajstić information content (AvgIpc) is 3.30. The number of halogens is 1. The Morgan fingerprint density at radius 2 is 1.73 bits per heavy atom. The number of rotatable bonds is 5. The fourth-order valence-electron chi connectivity index (χ4n) is 8.27. The number of piperidine rings is 1. The molecule has 45 heavy (non-hydrogen) atoms. The number of carbonyl (C=O) groups excluding carboxylic acids is 4. The van der Waals surface area contributed by atoms with Crippen molar-refractivity contribution >= 4 is 39.3 Å². The molecule has 2 heterocycles. The van der Waals surface area contributed by atoms with Gasteiger partial charge in [-0.05, 0) is 62.3 Å². The number of hydrogen-bond acceptors (Lipinski definition) is 7. The largest absolute Gasteiger partial charge is 0.504 e. The van der Waals surface area contributed by atoms with Crippen LogP contribution in [-0.4, -0.2) is 64.5 Å². The van der Waals surface area contributed by atoms with Gasteiger partial charge in [-0.3, -0.25) is 29.0 Å². The smallest absolute Gasteiger partial charge is 0.233 e. The Labute approximate surface area is 270 Å². The molecule has 0 spiro atoms. The van der Waals surface area contributed by atoms with Crippen LogP contribution in [0, 0.1) is 17.8 Å². The molecule has 7 rings (SSSR count). The first-order chi connectivity index (χ1) is 21.7. The van der Waals surface area contributed by atoms with E-state index < -0.39 is 23.7 Å². The van der Waals surface area contributed by atoms with E-state index >= 15 is 0 Å². The molecule has 2 amide bonds. The minimum Gasteiger partial charge on any atom is -0.504 e. The Bertz CT molecular complexity index is 1720. The van der Waals surface area contributed by atoms with Crippen molar-refractivity contribution in [2.75, 3.05) is 20.2 Å². The number of allylic oxidation sites excluding steroid dienone is 6. The van der Waals surface area contributed by atoms with E-state index in [-0.39, 0.29) is 47.3 Å². The van der Waals surface area contributed by atoms with Gasteiger partial charge in [0.1, 0.15) is 0 Å². The second-order valence-corrected chi connectivity index (χ2v) is 13.7. The Hall–Kier alpha value is -3.82. The predicted molar refractivity (Wildman–Crippen MR) is 170 cm³/mol. The highest BCUT2D eigenvalue weighted by Gasteiger charge is 2.57. The van der Waals surface area contributed by atoms with Crippen LogP contribution in [-0.2, 0) is 25.7 Å². The minimum atomic E-state index is -0.745. The fraction of sp³-hybridized carbons (Fsp3) is 0.389. The summed E-state index contributed by atoms with van der Waals surface area (Å²) in [7, 11) is 1.45. The summed E-state index contributed by atoms with van der Waals surface area (Å²) < 4.78 is 6.07. The number of imide groups is 1. The van der Waals surface area contributed by atoms with Crippen LogP contribution in [0.2, 0.25) is 0 Å². The van der Waals surface area contributed by atoms with Gasteiger partial charge >= 0.3 is 0 Å². The van der Waals surface area contributed by atoms with Crippen LogP contribution in [0.25, 0.3) is 0 Å². The van der Waals surface area contributed by atoms with Gasteiger partial charge < -0.3 is 9.84 Å². The monoisotopic (exact) mass is 670 g/mol. The lowest BCUT2D eigenvalue weighted by Gasteiger charge is -2.42. The Balaban J connectivity index is 1.21. The summed E-state index contributed by atoms with van der Waals surface area (Å²) >= 11 is 3.50. The summed E-state index contributed by atoms with van der Waals surface area (Å²) in [6, 6.07) is 13.5. The highest BCUT2D eigenvalue weighted by molar-refractivity contribution is 9.10. The molecule has 2 aromatic rings. The number of carbonyl (C=O) groups is 4. The Kier molecular flexibility index (Phi) is 7.64. The topological polar surface area (TPSA) is 104 Å². The maximum atomic E-state index is 14.3. The SMILES string of the molecule is COc1cc(Br)cc(C2C3=CCC4C(=O)N(C5CCN(Cc6ccccc6)CC5)C(=O)C4C3CC3=C2C(=O)C=C(C)C3=O)c1O. The number of ketones is 2. The number of phenolic OH excluding ortho intramolecular Hbond substituents is 1. The van der Waals surface area contributed by atoms with Gasteiger partial charge in [-0.15, -0.1) is 0 Å². The molecule has 2 aliphatic heterocycles. The van der Waals surface area contributed by atoms with Gasteiger partial charge in [-0.2, -0.15) is 0 Å². The van der Waals surface area contributed by atoms with Crippen molar-refractivity contribution in [2.45, 2.75) is 51.1 Å². The fourth-order valence-corrected chi connectivity index (χ4v) is 8.72. The van der Waals surface area contributed by atoms with Crippen molar-refractivity contribution in [3.63, 3.8) is 0 Å². The molecule has 0 saturated carbocycles. The zero-order valence-corrected chi connectivity index (χ0v) is 26.9. The first-order valence-corrected chi connectivity index (χ1v) is 16.4. The van der Waals surface area contributed by atoms with Crippen molar-refractivity contribution in [3.8, 4) is 11.5 Å². The molecule has 0 radical (unpaired) electrons. The van der Waals surface area contributed by atoms with E-state index in [2.05, 4.69) is 33.0 Å². The van der Waals surface area contributed by atoms with Gasteiger partial charge in [0.25, 0.3) is 0 Å². The maximum Gasteiger partial charge on any atom is 0.233 e. The predicted octanol–water partition coefficient (Wildman–Crippen LogP) is 5.26. The molecule has 9 heteroatoms. The van der Waals surface area contributed by atoms with Crippen molar-refractivity contribution < 1.29 is 29.0 Å². The number of ether oxygens (including phenoxy) is 1. The molecule has 0 bridgehead atoms. The van der Waals surface area contributed by atoms with E-state index in [1.165, 1.54) is 23.6 Å². The first-order valence-electron chi connectivity index (χ1n) is 15.6. The second kappa shape index (κ2) is 11.5. The van der Waals surface area contributed by atoms with Crippen molar-refractivity contribution in [2.24, 2.45) is 17.8 Å². The van der Waals surface area contributed by atoms with Crippen molar-refractivity contribution in [1.82, 2.24) is 9.80 Å². The lowest BCUT2D eigenvalue weighted by Crippen LogP contribution is -2.47. The van der Waals surface area contributed by atoms with Crippen LogP contribution in [0.5, 0.6) is 11.5 Å². The molecule has 2 saturated heterocycles. The standard InChI is InChI=1S/C36H35BrN2O6/c1-19-14-28(40)32-27(33(19)41)17-25-23(30(32)26-15-21(37)16-29(45-2)34(26)42)8-9-24-31(25)36(44)39(35(24)43)22-10-12-38(13-11-22)18-20-6-4-3-5-7-20/h3-8,14-16,22,24-25,30-31,42H,9-13,17-18H2,1-2H3. The number of methoxy groups -OCH3 is 1. The number of nitrogens with zero attached hydrogens (tertiary/aromatic N) is 2. The molecule has 1 N–H and O–H groups in total. The zero-order valence-electron chi connectivity index (χ0n) is 25.3. The van der Waals surface area contributed by atoms with E-state index in [1.807, 2.05) is 24.3 Å². The molecular weight excluding hydrogens is 636 g/mol. The van der Waals surface area contributed by atoms with E-state index in [9.17, 15) is 24.3 Å². The number of likely N-dealkylation sites (tertiary alicyclic amines) is 2. The number of fused-ring (bicyclic) bond motifs is 3. The van der Waals surface area contributed by atoms with Crippen LogP contribution in [0.3, 0.4) is 0 Å². The van der Waals surface area contributed by atoms with E-state index in [0.717, 1.165) is 38.0 Å². The van der Waals surface area contributed by atoms with Gasteiger partial charge in [0.15, 0.2) is 23.1 Å². The minimum absolute atomic E-state index is 0.120. The molecular formula is C36H35BrN2O6. The van der Waals surface area contributed by atoms with Crippen LogP contribution in [0.15, 0.2) is 81.4 Å². The number of amides is 2. The normalized spacial score (nSPS) is 27.2. The van der Waals surface area contributed by atoms with Crippen molar-refractivity contribution in [3.05, 3.63) is 92.5 Å². The molecule has 4 atom stereocenters. The third kappa shape index (κ3) is 4.91. The van der Waals surface area contributed by atoms with E-state index in [0.29, 0.717) is 33.2 Å².